The van der Waals surface area contributed by atoms with Gasteiger partial charge in [-0.2, -0.15) is 0 Å². The van der Waals surface area contributed by atoms with Crippen LogP contribution in [0.4, 0.5) is 0 Å². The van der Waals surface area contributed by atoms with E-state index < -0.39 is 0 Å². The molecular weight excluding hydrogens is 226 g/mol. The normalized spacial score (nSPS) is 18.6. The molecule has 1 unspecified atom stereocenters. The first-order valence-corrected chi connectivity index (χ1v) is 6.94. The SMILES string of the molecule is CN=C(NCCC1CC1)NCC(OC)C(C)(C)C. The monoisotopic (exact) mass is 255 g/mol. The predicted molar refractivity (Wildman–Crippen MR) is 77.0 cm³/mol. The highest BCUT2D eigenvalue weighted by Gasteiger charge is 2.24. The van der Waals surface area contributed by atoms with Crippen molar-refractivity contribution in [1.82, 2.24) is 10.6 Å². The Balaban J connectivity index is 2.24. The van der Waals surface area contributed by atoms with E-state index in [0.29, 0.717) is 0 Å². The molecule has 1 fully saturated rings. The topological polar surface area (TPSA) is 45.7 Å². The molecule has 0 aromatic rings. The van der Waals surface area contributed by atoms with Gasteiger partial charge in [-0.15, -0.1) is 0 Å². The van der Waals surface area contributed by atoms with Gasteiger partial charge >= 0.3 is 0 Å². The summed E-state index contributed by atoms with van der Waals surface area (Å²) < 4.78 is 5.52. The molecule has 18 heavy (non-hydrogen) atoms. The van der Waals surface area contributed by atoms with Crippen molar-refractivity contribution >= 4 is 5.96 Å². The standard InChI is InChI=1S/C14H29N3O/c1-14(2,3)12(18-5)10-17-13(15-4)16-9-8-11-6-7-11/h11-12H,6-10H2,1-5H3,(H2,15,16,17). The van der Waals surface area contributed by atoms with Crippen molar-refractivity contribution < 1.29 is 4.74 Å². The summed E-state index contributed by atoms with van der Waals surface area (Å²) in [6, 6.07) is 0. The molecule has 2 N–H and O–H groups in total. The zero-order valence-corrected chi connectivity index (χ0v) is 12.5. The van der Waals surface area contributed by atoms with Crippen LogP contribution in [0.2, 0.25) is 0 Å². The van der Waals surface area contributed by atoms with E-state index in [-0.39, 0.29) is 11.5 Å². The number of hydrogen-bond acceptors (Lipinski definition) is 2. The number of methoxy groups -OCH3 is 1. The molecule has 0 saturated heterocycles. The number of rotatable bonds is 6. The summed E-state index contributed by atoms with van der Waals surface area (Å²) >= 11 is 0. The molecule has 0 aromatic carbocycles. The molecule has 1 aliphatic carbocycles. The maximum absolute atomic E-state index is 5.52. The second-order valence-electron chi connectivity index (χ2n) is 6.20. The molecule has 0 aromatic heterocycles. The summed E-state index contributed by atoms with van der Waals surface area (Å²) in [6.45, 7) is 8.35. The van der Waals surface area contributed by atoms with Gasteiger partial charge in [0.2, 0.25) is 0 Å². The lowest BCUT2D eigenvalue weighted by Gasteiger charge is -2.30. The Kier molecular flexibility index (Phi) is 5.93. The van der Waals surface area contributed by atoms with Gasteiger partial charge in [0.15, 0.2) is 5.96 Å². The Bertz CT molecular complexity index is 267. The minimum absolute atomic E-state index is 0.134. The average molecular weight is 255 g/mol. The Morgan fingerprint density at radius 3 is 2.44 bits per heavy atom. The van der Waals surface area contributed by atoms with Gasteiger partial charge in [0.05, 0.1) is 6.10 Å². The van der Waals surface area contributed by atoms with Gasteiger partial charge in [-0.25, -0.2) is 0 Å². The van der Waals surface area contributed by atoms with E-state index >= 15 is 0 Å². The van der Waals surface area contributed by atoms with Crippen molar-refractivity contribution in [2.75, 3.05) is 27.2 Å². The summed E-state index contributed by atoms with van der Waals surface area (Å²) in [5.41, 5.74) is 0.134. The number of ether oxygens (including phenoxy) is 1. The number of guanidine groups is 1. The quantitative estimate of drug-likeness (QED) is 0.564. The van der Waals surface area contributed by atoms with Gasteiger partial charge in [-0.05, 0) is 17.8 Å². The van der Waals surface area contributed by atoms with Crippen molar-refractivity contribution in [2.24, 2.45) is 16.3 Å². The molecule has 1 saturated carbocycles. The van der Waals surface area contributed by atoms with E-state index in [0.717, 1.165) is 25.0 Å². The Morgan fingerprint density at radius 1 is 1.33 bits per heavy atom. The van der Waals surface area contributed by atoms with Crippen molar-refractivity contribution in [3.63, 3.8) is 0 Å². The van der Waals surface area contributed by atoms with E-state index in [2.05, 4.69) is 36.4 Å². The van der Waals surface area contributed by atoms with E-state index in [1.807, 2.05) is 7.05 Å². The molecule has 1 atom stereocenters. The van der Waals surface area contributed by atoms with Crippen LogP contribution >= 0.6 is 0 Å². The molecule has 0 radical (unpaired) electrons. The first-order chi connectivity index (χ1) is 8.47. The highest BCUT2D eigenvalue weighted by Crippen LogP contribution is 2.31. The average Bonchev–Trinajstić information content (AvgIpc) is 3.09. The lowest BCUT2D eigenvalue weighted by molar-refractivity contribution is 0.0205. The third kappa shape index (κ3) is 5.71. The minimum Gasteiger partial charge on any atom is -0.379 e. The van der Waals surface area contributed by atoms with Crippen LogP contribution in [0.15, 0.2) is 4.99 Å². The molecule has 1 rings (SSSR count). The second kappa shape index (κ2) is 6.98. The zero-order chi connectivity index (χ0) is 13.6. The summed E-state index contributed by atoms with van der Waals surface area (Å²) in [5.74, 6) is 1.83. The lowest BCUT2D eigenvalue weighted by Crippen LogP contribution is -2.45. The zero-order valence-electron chi connectivity index (χ0n) is 12.5. The van der Waals surface area contributed by atoms with Crippen LogP contribution in [0, 0.1) is 11.3 Å². The molecule has 0 aliphatic heterocycles. The van der Waals surface area contributed by atoms with Crippen LogP contribution < -0.4 is 10.6 Å². The third-order valence-corrected chi connectivity index (χ3v) is 3.47. The summed E-state index contributed by atoms with van der Waals surface area (Å²) in [7, 11) is 3.58. The molecule has 0 spiro atoms. The molecule has 0 bridgehead atoms. The molecule has 0 heterocycles. The van der Waals surface area contributed by atoms with E-state index in [1.54, 1.807) is 7.11 Å². The molecule has 4 heteroatoms. The van der Waals surface area contributed by atoms with E-state index in [4.69, 9.17) is 4.74 Å². The number of aliphatic imine (C=N–C) groups is 1. The van der Waals surface area contributed by atoms with E-state index in [1.165, 1.54) is 19.3 Å². The lowest BCUT2D eigenvalue weighted by atomic mass is 9.89. The van der Waals surface area contributed by atoms with Crippen LogP contribution in [0.25, 0.3) is 0 Å². The van der Waals surface area contributed by atoms with Crippen molar-refractivity contribution in [1.29, 1.82) is 0 Å². The largest absolute Gasteiger partial charge is 0.379 e. The summed E-state index contributed by atoms with van der Waals surface area (Å²) in [4.78, 5) is 4.23. The maximum atomic E-state index is 5.52. The second-order valence-corrected chi connectivity index (χ2v) is 6.20. The third-order valence-electron chi connectivity index (χ3n) is 3.47. The smallest absolute Gasteiger partial charge is 0.191 e. The van der Waals surface area contributed by atoms with Gasteiger partial charge in [0, 0.05) is 27.2 Å². The fourth-order valence-corrected chi connectivity index (χ4v) is 1.95. The molecular formula is C14H29N3O. The van der Waals surface area contributed by atoms with Gasteiger partial charge in [-0.3, -0.25) is 4.99 Å². The summed E-state index contributed by atoms with van der Waals surface area (Å²) in [5, 5.41) is 6.69. The van der Waals surface area contributed by atoms with Gasteiger partial charge in [-0.1, -0.05) is 33.6 Å². The fraction of sp³-hybridized carbons (Fsp3) is 0.929. The Hall–Kier alpha value is -0.770. The van der Waals surface area contributed by atoms with Crippen LogP contribution in [-0.2, 0) is 4.74 Å². The first kappa shape index (κ1) is 15.3. The molecule has 106 valence electrons. The molecule has 4 nitrogen and oxygen atoms in total. The van der Waals surface area contributed by atoms with Crippen molar-refractivity contribution in [3.8, 4) is 0 Å². The maximum Gasteiger partial charge on any atom is 0.191 e. The van der Waals surface area contributed by atoms with Gasteiger partial charge in [0.25, 0.3) is 0 Å². The molecule has 0 amide bonds. The Morgan fingerprint density at radius 2 is 2.00 bits per heavy atom. The molecule has 1 aliphatic rings. The van der Waals surface area contributed by atoms with Crippen molar-refractivity contribution in [2.45, 2.75) is 46.1 Å². The highest BCUT2D eigenvalue weighted by molar-refractivity contribution is 5.79. The summed E-state index contributed by atoms with van der Waals surface area (Å²) in [6.07, 6.45) is 4.25. The van der Waals surface area contributed by atoms with Crippen LogP contribution in [0.3, 0.4) is 0 Å². The highest BCUT2D eigenvalue weighted by atomic mass is 16.5. The number of nitrogens with one attached hydrogen (secondary N) is 2. The van der Waals surface area contributed by atoms with Gasteiger partial charge in [0.1, 0.15) is 0 Å². The van der Waals surface area contributed by atoms with E-state index in [9.17, 15) is 0 Å². The Labute approximate surface area is 112 Å². The number of hydrogen-bond donors (Lipinski definition) is 2. The van der Waals surface area contributed by atoms with Crippen molar-refractivity contribution in [3.05, 3.63) is 0 Å². The number of nitrogens with zero attached hydrogens (tertiary/aromatic N) is 1. The minimum atomic E-state index is 0.134. The van der Waals surface area contributed by atoms with Crippen LogP contribution in [0.1, 0.15) is 40.0 Å². The van der Waals surface area contributed by atoms with Crippen LogP contribution in [0.5, 0.6) is 0 Å². The van der Waals surface area contributed by atoms with Crippen LogP contribution in [-0.4, -0.2) is 39.3 Å². The predicted octanol–water partition coefficient (Wildman–Crippen LogP) is 2.01. The first-order valence-electron chi connectivity index (χ1n) is 6.94. The van der Waals surface area contributed by atoms with Gasteiger partial charge < -0.3 is 15.4 Å². The fourth-order valence-electron chi connectivity index (χ4n) is 1.95.